The second-order valence-electron chi connectivity index (χ2n) is 5.36. The lowest BCUT2D eigenvalue weighted by molar-refractivity contribution is -0.191. The van der Waals surface area contributed by atoms with Crippen LogP contribution in [-0.2, 0) is 14.4 Å². The normalized spacial score (nSPS) is 16.5. The smallest absolute Gasteiger partial charge is 0.427 e. The molecule has 0 aromatic rings. The Morgan fingerprint density at radius 2 is 1.86 bits per heavy atom. The third kappa shape index (κ3) is 9.36. The molecule has 0 saturated carbocycles. The minimum Gasteiger partial charge on any atom is -0.427 e. The highest BCUT2D eigenvalue weighted by atomic mass is 16.4. The number of nitrogens with zero attached hydrogens (tertiary/aromatic N) is 1. The molecule has 1 saturated heterocycles. The van der Waals surface area contributed by atoms with Gasteiger partial charge in [-0.2, -0.15) is 9.59 Å². The summed E-state index contributed by atoms with van der Waals surface area (Å²) in [6.07, 6.45) is 5.32. The van der Waals surface area contributed by atoms with Crippen LogP contribution in [0.3, 0.4) is 0 Å². The van der Waals surface area contributed by atoms with Crippen molar-refractivity contribution in [3.63, 3.8) is 0 Å². The number of rotatable bonds is 6. The molecular formula is C13H25BN2O5. The number of unbranched alkanes of at least 4 members (excludes halogenated alkanes) is 1. The van der Waals surface area contributed by atoms with Crippen molar-refractivity contribution in [1.29, 1.82) is 0 Å². The summed E-state index contributed by atoms with van der Waals surface area (Å²) in [7, 11) is -1.19. The molecule has 1 aliphatic heterocycles. The second-order valence-corrected chi connectivity index (χ2v) is 5.36. The van der Waals surface area contributed by atoms with Crippen molar-refractivity contribution in [1.82, 2.24) is 4.90 Å². The van der Waals surface area contributed by atoms with Gasteiger partial charge in [0.2, 0.25) is 5.91 Å². The molecule has 1 amide bonds. The lowest BCUT2D eigenvalue weighted by Crippen LogP contribution is -2.42. The lowest BCUT2D eigenvalue weighted by Gasteiger charge is -2.34. The molecule has 0 bridgehead atoms. The van der Waals surface area contributed by atoms with Crippen molar-refractivity contribution < 1.29 is 24.4 Å². The van der Waals surface area contributed by atoms with E-state index in [1.165, 1.54) is 0 Å². The van der Waals surface area contributed by atoms with Crippen molar-refractivity contribution in [2.45, 2.75) is 51.4 Å². The second kappa shape index (κ2) is 11.5. The van der Waals surface area contributed by atoms with Crippen LogP contribution in [0.4, 0.5) is 0 Å². The van der Waals surface area contributed by atoms with Crippen molar-refractivity contribution in [3.05, 3.63) is 0 Å². The molecule has 4 N–H and O–H groups in total. The third-order valence-electron chi connectivity index (χ3n) is 3.84. The van der Waals surface area contributed by atoms with Gasteiger partial charge in [0.15, 0.2) is 0 Å². The molecule has 0 aromatic heterocycles. The van der Waals surface area contributed by atoms with Gasteiger partial charge in [0.05, 0.1) is 0 Å². The summed E-state index contributed by atoms with van der Waals surface area (Å²) < 4.78 is 0. The molecule has 7 nitrogen and oxygen atoms in total. The highest BCUT2D eigenvalue weighted by Crippen LogP contribution is 2.22. The largest absolute Gasteiger partial charge is 0.451 e. The molecule has 1 fully saturated rings. The van der Waals surface area contributed by atoms with Crippen LogP contribution < -0.4 is 5.73 Å². The van der Waals surface area contributed by atoms with Gasteiger partial charge >= 0.3 is 13.3 Å². The van der Waals surface area contributed by atoms with Gasteiger partial charge in [-0.05, 0) is 31.5 Å². The number of amides is 1. The number of hydrogen-bond acceptors (Lipinski definition) is 6. The summed E-state index contributed by atoms with van der Waals surface area (Å²) in [6, 6.07) is 0.176. The number of likely N-dealkylation sites (tertiary alicyclic amines) is 1. The van der Waals surface area contributed by atoms with Crippen LogP contribution in [0.15, 0.2) is 0 Å². The zero-order valence-electron chi connectivity index (χ0n) is 12.5. The topological polar surface area (TPSA) is 121 Å². The Morgan fingerprint density at radius 3 is 2.29 bits per heavy atom. The Kier molecular flexibility index (Phi) is 10.8. The van der Waals surface area contributed by atoms with E-state index < -0.39 is 7.12 Å². The van der Waals surface area contributed by atoms with Crippen LogP contribution in [0.25, 0.3) is 0 Å². The molecule has 8 heteroatoms. The van der Waals surface area contributed by atoms with Crippen molar-refractivity contribution >= 4 is 19.2 Å². The first kappa shape index (κ1) is 19.8. The zero-order valence-corrected chi connectivity index (χ0v) is 12.5. The molecule has 1 atom stereocenters. The first-order chi connectivity index (χ1) is 9.92. The monoisotopic (exact) mass is 300 g/mol. The van der Waals surface area contributed by atoms with Crippen LogP contribution in [0.1, 0.15) is 39.0 Å². The summed E-state index contributed by atoms with van der Waals surface area (Å²) in [5.41, 5.74) is 6.16. The molecule has 1 rings (SSSR count). The molecule has 1 heterocycles. The molecule has 1 aliphatic rings. The van der Waals surface area contributed by atoms with Crippen LogP contribution in [0.5, 0.6) is 0 Å². The predicted octanol–water partition coefficient (Wildman–Crippen LogP) is -0.368. The summed E-state index contributed by atoms with van der Waals surface area (Å²) in [5, 5.41) is 17.5. The van der Waals surface area contributed by atoms with Gasteiger partial charge in [0.25, 0.3) is 0 Å². The van der Waals surface area contributed by atoms with Gasteiger partial charge in [-0.1, -0.05) is 12.8 Å². The molecule has 1 unspecified atom stereocenters. The maximum absolute atomic E-state index is 11.2. The molecular weight excluding hydrogens is 275 g/mol. The fourth-order valence-corrected chi connectivity index (χ4v) is 2.59. The van der Waals surface area contributed by atoms with Crippen LogP contribution in [0, 0.1) is 5.92 Å². The van der Waals surface area contributed by atoms with Crippen molar-refractivity contribution in [2.24, 2.45) is 11.7 Å². The molecule has 0 aliphatic carbocycles. The Hall–Kier alpha value is -1.21. The maximum atomic E-state index is 11.2. The average molecular weight is 300 g/mol. The fraction of sp³-hybridized carbons (Fsp3) is 0.846. The van der Waals surface area contributed by atoms with Crippen molar-refractivity contribution in [3.8, 4) is 0 Å². The van der Waals surface area contributed by atoms with E-state index in [9.17, 15) is 4.79 Å². The summed E-state index contributed by atoms with van der Waals surface area (Å²) >= 11 is 0. The maximum Gasteiger partial charge on any atom is 0.451 e. The zero-order chi connectivity index (χ0) is 16.3. The van der Waals surface area contributed by atoms with Gasteiger partial charge in [-0.25, -0.2) is 0 Å². The van der Waals surface area contributed by atoms with E-state index >= 15 is 0 Å². The van der Waals surface area contributed by atoms with Gasteiger partial charge in [0, 0.05) is 26.1 Å². The Labute approximate surface area is 125 Å². The minimum absolute atomic E-state index is 0.152. The van der Waals surface area contributed by atoms with E-state index in [2.05, 4.69) is 0 Å². The van der Waals surface area contributed by atoms with E-state index in [4.69, 9.17) is 25.4 Å². The third-order valence-corrected chi connectivity index (χ3v) is 3.84. The minimum atomic E-state index is -1.19. The van der Waals surface area contributed by atoms with E-state index in [1.54, 1.807) is 6.92 Å². The standard InChI is InChI=1S/C12H25BN2O3.CO2/c1-10(16)15-8-5-11(6-9-15)12(14)4-2-3-7-13(17)18;2-1-3/h11-12,17-18H,2-9,14H2,1H3;. The van der Waals surface area contributed by atoms with E-state index in [0.717, 1.165) is 45.2 Å². The van der Waals surface area contributed by atoms with Crippen LogP contribution >= 0.6 is 0 Å². The molecule has 0 radical (unpaired) electrons. The van der Waals surface area contributed by atoms with Crippen LogP contribution in [0.2, 0.25) is 6.32 Å². The first-order valence-electron chi connectivity index (χ1n) is 7.28. The average Bonchev–Trinajstić information content (AvgIpc) is 2.44. The lowest BCUT2D eigenvalue weighted by atomic mass is 9.82. The number of carbonyl (C=O) groups excluding carboxylic acids is 3. The number of carbonyl (C=O) groups is 1. The van der Waals surface area contributed by atoms with E-state index in [1.807, 2.05) is 4.90 Å². The quantitative estimate of drug-likeness (QED) is 0.454. The summed E-state index contributed by atoms with van der Waals surface area (Å²) in [4.78, 5) is 29.3. The summed E-state index contributed by atoms with van der Waals surface area (Å²) in [5.74, 6) is 0.651. The molecule has 21 heavy (non-hydrogen) atoms. The number of piperidine rings is 1. The number of nitrogens with two attached hydrogens (primary N) is 1. The van der Waals surface area contributed by atoms with Gasteiger partial charge < -0.3 is 20.7 Å². The highest BCUT2D eigenvalue weighted by molar-refractivity contribution is 6.40. The van der Waals surface area contributed by atoms with Crippen molar-refractivity contribution in [2.75, 3.05) is 13.1 Å². The summed E-state index contributed by atoms with van der Waals surface area (Å²) in [6.45, 7) is 3.26. The van der Waals surface area contributed by atoms with E-state index in [0.29, 0.717) is 12.2 Å². The van der Waals surface area contributed by atoms with E-state index in [-0.39, 0.29) is 18.1 Å². The van der Waals surface area contributed by atoms with Gasteiger partial charge in [-0.3, -0.25) is 4.79 Å². The fourth-order valence-electron chi connectivity index (χ4n) is 2.59. The molecule has 0 aromatic carbocycles. The van der Waals surface area contributed by atoms with Crippen LogP contribution in [-0.4, -0.2) is 53.3 Å². The highest BCUT2D eigenvalue weighted by Gasteiger charge is 2.24. The first-order valence-corrected chi connectivity index (χ1v) is 7.28. The van der Waals surface area contributed by atoms with Gasteiger partial charge in [-0.15, -0.1) is 0 Å². The Balaban J connectivity index is 0.00000122. The molecule has 120 valence electrons. The Morgan fingerprint density at radius 1 is 1.33 bits per heavy atom. The number of hydrogen-bond donors (Lipinski definition) is 3. The van der Waals surface area contributed by atoms with Gasteiger partial charge in [0.1, 0.15) is 0 Å². The molecule has 0 spiro atoms. The SMILES string of the molecule is CC(=O)N1CCC(C(N)CCCCB(O)O)CC1.O=C=O. The Bertz CT molecular complexity index is 327. The predicted molar refractivity (Wildman–Crippen MR) is 76.8 cm³/mol.